The maximum absolute atomic E-state index is 5.43. The number of aromatic nitrogens is 3. The van der Waals surface area contributed by atoms with Crippen LogP contribution < -0.4 is 10.6 Å². The van der Waals surface area contributed by atoms with Crippen LogP contribution in [0.3, 0.4) is 0 Å². The fourth-order valence-corrected chi connectivity index (χ4v) is 3.85. The summed E-state index contributed by atoms with van der Waals surface area (Å²) in [7, 11) is 3.76. The third-order valence-corrected chi connectivity index (χ3v) is 6.27. The highest BCUT2D eigenvalue weighted by Crippen LogP contribution is 2.43. The van der Waals surface area contributed by atoms with Gasteiger partial charge in [-0.1, -0.05) is 6.42 Å². The van der Waals surface area contributed by atoms with Crippen LogP contribution >= 0.6 is 24.0 Å². The van der Waals surface area contributed by atoms with E-state index >= 15 is 0 Å². The van der Waals surface area contributed by atoms with Gasteiger partial charge < -0.3 is 24.7 Å². The van der Waals surface area contributed by atoms with Crippen LogP contribution in [0.1, 0.15) is 37.3 Å². The third kappa shape index (κ3) is 7.31. The zero-order valence-electron chi connectivity index (χ0n) is 18.7. The minimum atomic E-state index is 0. The predicted molar refractivity (Wildman–Crippen MR) is 128 cm³/mol. The fourth-order valence-electron chi connectivity index (χ4n) is 3.85. The first-order valence-corrected chi connectivity index (χ1v) is 10.8. The number of guanidine groups is 1. The molecule has 2 aliphatic rings. The van der Waals surface area contributed by atoms with Gasteiger partial charge in [0, 0.05) is 53.5 Å². The Balaban J connectivity index is 0.00000320. The Morgan fingerprint density at radius 3 is 2.60 bits per heavy atom. The van der Waals surface area contributed by atoms with E-state index in [-0.39, 0.29) is 24.0 Å². The third-order valence-electron chi connectivity index (χ3n) is 6.27. The van der Waals surface area contributed by atoms with Crippen molar-refractivity contribution in [3.05, 3.63) is 11.6 Å². The van der Waals surface area contributed by atoms with Gasteiger partial charge in [-0.15, -0.1) is 34.2 Å². The highest BCUT2D eigenvalue weighted by molar-refractivity contribution is 14.0. The van der Waals surface area contributed by atoms with Gasteiger partial charge in [0.1, 0.15) is 12.4 Å². The second-order valence-electron chi connectivity index (χ2n) is 8.22. The molecule has 30 heavy (non-hydrogen) atoms. The molecule has 3 rings (SSSR count). The molecule has 2 N–H and O–H groups in total. The topological polar surface area (TPSA) is 88.8 Å². The fraction of sp³-hybridized carbons (Fsp3) is 0.850. The molecule has 0 spiro atoms. The van der Waals surface area contributed by atoms with Crippen molar-refractivity contribution >= 4 is 29.9 Å². The lowest BCUT2D eigenvalue weighted by Crippen LogP contribution is -2.49. The van der Waals surface area contributed by atoms with Crippen LogP contribution in [-0.2, 0) is 23.1 Å². The average molecular weight is 535 g/mol. The number of hydrogen-bond donors (Lipinski definition) is 2. The van der Waals surface area contributed by atoms with Crippen LogP contribution in [0.5, 0.6) is 0 Å². The van der Waals surface area contributed by atoms with E-state index in [4.69, 9.17) is 14.5 Å². The molecule has 0 aromatic carbocycles. The number of halogens is 1. The Morgan fingerprint density at radius 1 is 1.23 bits per heavy atom. The number of aliphatic imine (C=N–C) groups is 1. The summed E-state index contributed by atoms with van der Waals surface area (Å²) in [6, 6.07) is 0. The van der Waals surface area contributed by atoms with Crippen LogP contribution in [0.15, 0.2) is 4.99 Å². The Kier molecular flexibility index (Phi) is 10.8. The van der Waals surface area contributed by atoms with E-state index in [1.807, 2.05) is 18.5 Å². The summed E-state index contributed by atoms with van der Waals surface area (Å²) in [4.78, 5) is 7.21. The number of rotatable bonds is 10. The number of hydrogen-bond acceptors (Lipinski definition) is 6. The first-order valence-electron chi connectivity index (χ1n) is 10.8. The van der Waals surface area contributed by atoms with Gasteiger partial charge in [0.05, 0.1) is 13.2 Å². The lowest BCUT2D eigenvalue weighted by Gasteiger charge is -2.42. The minimum absolute atomic E-state index is 0. The molecule has 0 amide bonds. The van der Waals surface area contributed by atoms with Gasteiger partial charge in [0.2, 0.25) is 0 Å². The van der Waals surface area contributed by atoms with Crippen molar-refractivity contribution in [2.45, 2.75) is 39.2 Å². The summed E-state index contributed by atoms with van der Waals surface area (Å²) in [6.45, 7) is 9.70. The summed E-state index contributed by atoms with van der Waals surface area (Å²) >= 11 is 0. The molecule has 1 aliphatic carbocycles. The standard InChI is InChI=1S/C20H37N7O2.HI/c1-17-24-25-18(26(17)2)15-22-19(21-8-9-27-10-13-29-14-11-27)23-16-20(5-4-6-20)7-12-28-3;/h4-16H2,1-3H3,(H2,21,22,23);1H. The minimum Gasteiger partial charge on any atom is -0.385 e. The summed E-state index contributed by atoms with van der Waals surface area (Å²) in [5, 5.41) is 15.5. The summed E-state index contributed by atoms with van der Waals surface area (Å²) < 4.78 is 12.7. The van der Waals surface area contributed by atoms with Gasteiger partial charge in [0.15, 0.2) is 11.8 Å². The molecule has 2 fully saturated rings. The van der Waals surface area contributed by atoms with Crippen molar-refractivity contribution in [3.63, 3.8) is 0 Å². The van der Waals surface area contributed by atoms with E-state index in [1.165, 1.54) is 19.3 Å². The smallest absolute Gasteiger partial charge is 0.191 e. The molecule has 1 aromatic rings. The number of morpholine rings is 1. The predicted octanol–water partition coefficient (Wildman–Crippen LogP) is 1.32. The second-order valence-corrected chi connectivity index (χ2v) is 8.22. The second kappa shape index (κ2) is 12.8. The Labute approximate surface area is 197 Å². The maximum atomic E-state index is 5.43. The molecule has 9 nitrogen and oxygen atoms in total. The Hall–Kier alpha value is -0.980. The number of ether oxygens (including phenoxy) is 2. The molecule has 0 atom stereocenters. The SMILES string of the molecule is COCCC1(CNC(=NCc2nnc(C)n2C)NCCN2CCOCC2)CCC1.I. The molecular formula is C20H38IN7O2. The molecule has 0 unspecified atom stereocenters. The first kappa shape index (κ1) is 25.3. The van der Waals surface area contributed by atoms with E-state index in [0.717, 1.165) is 76.6 Å². The largest absolute Gasteiger partial charge is 0.385 e. The molecule has 10 heteroatoms. The highest BCUT2D eigenvalue weighted by Gasteiger charge is 2.36. The molecule has 172 valence electrons. The van der Waals surface area contributed by atoms with Crippen molar-refractivity contribution in [1.29, 1.82) is 0 Å². The highest BCUT2D eigenvalue weighted by atomic mass is 127. The molecule has 1 saturated heterocycles. The lowest BCUT2D eigenvalue weighted by atomic mass is 9.67. The van der Waals surface area contributed by atoms with Crippen LogP contribution in [0, 0.1) is 12.3 Å². The molecule has 1 aliphatic heterocycles. The van der Waals surface area contributed by atoms with E-state index < -0.39 is 0 Å². The molecule has 0 bridgehead atoms. The number of methoxy groups -OCH3 is 1. The number of aryl methyl sites for hydroxylation is 1. The van der Waals surface area contributed by atoms with Gasteiger partial charge in [-0.3, -0.25) is 4.90 Å². The van der Waals surface area contributed by atoms with Crippen LogP contribution in [0.2, 0.25) is 0 Å². The van der Waals surface area contributed by atoms with Crippen LogP contribution in [0.4, 0.5) is 0 Å². The zero-order valence-corrected chi connectivity index (χ0v) is 21.0. The molecular weight excluding hydrogens is 497 g/mol. The van der Waals surface area contributed by atoms with Gasteiger partial charge in [-0.05, 0) is 31.6 Å². The normalized spacial score (nSPS) is 19.1. The maximum Gasteiger partial charge on any atom is 0.191 e. The zero-order chi connectivity index (χ0) is 20.5. The first-order chi connectivity index (χ1) is 14.1. The van der Waals surface area contributed by atoms with Crippen molar-refractivity contribution in [1.82, 2.24) is 30.3 Å². The van der Waals surface area contributed by atoms with Crippen molar-refractivity contribution in [2.24, 2.45) is 17.5 Å². The average Bonchev–Trinajstić information content (AvgIpc) is 3.03. The lowest BCUT2D eigenvalue weighted by molar-refractivity contribution is 0.0389. The van der Waals surface area contributed by atoms with Crippen molar-refractivity contribution in [3.8, 4) is 0 Å². The van der Waals surface area contributed by atoms with Crippen LogP contribution in [0.25, 0.3) is 0 Å². The van der Waals surface area contributed by atoms with Gasteiger partial charge in [-0.2, -0.15) is 0 Å². The molecule has 2 heterocycles. The summed E-state index contributed by atoms with van der Waals surface area (Å²) in [5.74, 6) is 2.62. The Bertz CT molecular complexity index is 658. The molecule has 1 saturated carbocycles. The number of nitrogens with one attached hydrogen (secondary N) is 2. The number of nitrogens with zero attached hydrogens (tertiary/aromatic N) is 5. The molecule has 1 aromatic heterocycles. The Morgan fingerprint density at radius 2 is 2.00 bits per heavy atom. The summed E-state index contributed by atoms with van der Waals surface area (Å²) in [6.07, 6.45) is 4.92. The van der Waals surface area contributed by atoms with Crippen LogP contribution in [-0.4, -0.2) is 85.3 Å². The van der Waals surface area contributed by atoms with E-state index in [9.17, 15) is 0 Å². The summed E-state index contributed by atoms with van der Waals surface area (Å²) in [5.41, 5.74) is 0.337. The van der Waals surface area contributed by atoms with E-state index in [1.54, 1.807) is 7.11 Å². The van der Waals surface area contributed by atoms with E-state index in [0.29, 0.717) is 12.0 Å². The van der Waals surface area contributed by atoms with Gasteiger partial charge in [-0.25, -0.2) is 4.99 Å². The van der Waals surface area contributed by atoms with Crippen molar-refractivity contribution in [2.75, 3.05) is 59.7 Å². The van der Waals surface area contributed by atoms with Gasteiger partial charge in [0.25, 0.3) is 0 Å². The quantitative estimate of drug-likeness (QED) is 0.266. The van der Waals surface area contributed by atoms with Gasteiger partial charge >= 0.3 is 0 Å². The molecule has 0 radical (unpaired) electrons. The monoisotopic (exact) mass is 535 g/mol. The van der Waals surface area contributed by atoms with Crippen molar-refractivity contribution < 1.29 is 9.47 Å². The van der Waals surface area contributed by atoms with E-state index in [2.05, 4.69) is 25.7 Å².